The number of carbonyl (C=O) groups excluding carboxylic acids is 1. The van der Waals surface area contributed by atoms with Crippen molar-refractivity contribution in [2.75, 3.05) is 5.73 Å². The molecule has 0 aliphatic heterocycles. The standard InChI is InChI=1S/C16H21N3OS/c17-13-14-12(9-6-10-18-14)21-15(13)16(20)19-11-7-4-2-1-3-5-8-11/h6,9-11H,1-5,7-8,17H2,(H,19,20). The number of carbonyl (C=O) groups is 1. The summed E-state index contributed by atoms with van der Waals surface area (Å²) in [6.07, 6.45) is 10.2. The molecule has 1 saturated carbocycles. The predicted octanol–water partition coefficient (Wildman–Crippen LogP) is 3.72. The second kappa shape index (κ2) is 6.43. The number of hydrogen-bond acceptors (Lipinski definition) is 4. The number of nitrogen functional groups attached to an aromatic ring is 1. The third-order valence-electron chi connectivity index (χ3n) is 4.13. The van der Waals surface area contributed by atoms with E-state index in [1.807, 2.05) is 12.1 Å². The number of hydrogen-bond donors (Lipinski definition) is 2. The molecule has 1 aliphatic carbocycles. The molecule has 0 spiro atoms. The van der Waals surface area contributed by atoms with Crippen molar-refractivity contribution in [2.24, 2.45) is 0 Å². The highest BCUT2D eigenvalue weighted by Crippen LogP contribution is 2.32. The van der Waals surface area contributed by atoms with Crippen molar-refractivity contribution in [3.05, 3.63) is 23.2 Å². The fraction of sp³-hybridized carbons (Fsp3) is 0.500. The minimum atomic E-state index is -0.0407. The molecule has 2 aromatic heterocycles. The molecule has 2 heterocycles. The molecule has 0 saturated heterocycles. The molecule has 0 radical (unpaired) electrons. The Balaban J connectivity index is 1.75. The van der Waals surface area contributed by atoms with E-state index in [1.54, 1.807) is 6.20 Å². The SMILES string of the molecule is Nc1c(C(=O)NC2CCCCCCC2)sc2cccnc12. The van der Waals surface area contributed by atoms with Crippen LogP contribution in [0, 0.1) is 0 Å². The van der Waals surface area contributed by atoms with Crippen LogP contribution in [-0.2, 0) is 0 Å². The molecule has 2 aromatic rings. The summed E-state index contributed by atoms with van der Waals surface area (Å²) in [6, 6.07) is 4.11. The molecule has 0 atom stereocenters. The molecular formula is C16H21N3OS. The average molecular weight is 303 g/mol. The van der Waals surface area contributed by atoms with Gasteiger partial charge in [-0.15, -0.1) is 11.3 Å². The van der Waals surface area contributed by atoms with Crippen LogP contribution in [0.3, 0.4) is 0 Å². The largest absolute Gasteiger partial charge is 0.396 e. The number of nitrogens with zero attached hydrogens (tertiary/aromatic N) is 1. The number of nitrogens with one attached hydrogen (secondary N) is 1. The number of nitrogens with two attached hydrogens (primary N) is 1. The number of rotatable bonds is 2. The fourth-order valence-electron chi connectivity index (χ4n) is 2.97. The molecule has 0 bridgehead atoms. The van der Waals surface area contributed by atoms with E-state index in [1.165, 1.54) is 43.4 Å². The van der Waals surface area contributed by atoms with Crippen molar-refractivity contribution in [3.8, 4) is 0 Å². The average Bonchev–Trinajstić information content (AvgIpc) is 2.79. The monoisotopic (exact) mass is 303 g/mol. The maximum absolute atomic E-state index is 12.5. The van der Waals surface area contributed by atoms with Crippen LogP contribution < -0.4 is 11.1 Å². The quantitative estimate of drug-likeness (QED) is 0.888. The Hall–Kier alpha value is -1.62. The molecule has 21 heavy (non-hydrogen) atoms. The minimum absolute atomic E-state index is 0.0407. The van der Waals surface area contributed by atoms with Crippen LogP contribution in [0.4, 0.5) is 5.69 Å². The zero-order valence-corrected chi connectivity index (χ0v) is 12.9. The Labute approximate surface area is 128 Å². The summed E-state index contributed by atoms with van der Waals surface area (Å²) in [5.74, 6) is -0.0407. The van der Waals surface area contributed by atoms with Crippen molar-refractivity contribution >= 4 is 33.1 Å². The lowest BCUT2D eigenvalue weighted by Gasteiger charge is -2.20. The van der Waals surface area contributed by atoms with E-state index < -0.39 is 0 Å². The molecular weight excluding hydrogens is 282 g/mol. The fourth-order valence-corrected chi connectivity index (χ4v) is 3.95. The first-order chi connectivity index (χ1) is 10.3. The van der Waals surface area contributed by atoms with E-state index in [4.69, 9.17) is 5.73 Å². The third-order valence-corrected chi connectivity index (χ3v) is 5.29. The van der Waals surface area contributed by atoms with Crippen molar-refractivity contribution in [1.82, 2.24) is 10.3 Å². The van der Waals surface area contributed by atoms with Crippen LogP contribution in [0.5, 0.6) is 0 Å². The molecule has 4 nitrogen and oxygen atoms in total. The first kappa shape index (κ1) is 14.3. The van der Waals surface area contributed by atoms with Crippen LogP contribution >= 0.6 is 11.3 Å². The van der Waals surface area contributed by atoms with Gasteiger partial charge in [-0.1, -0.05) is 32.1 Å². The Morgan fingerprint density at radius 3 is 2.67 bits per heavy atom. The van der Waals surface area contributed by atoms with Gasteiger partial charge in [0.15, 0.2) is 0 Å². The number of amides is 1. The molecule has 112 valence electrons. The van der Waals surface area contributed by atoms with Gasteiger partial charge in [0.05, 0.1) is 10.4 Å². The second-order valence-corrected chi connectivity index (χ2v) is 6.76. The zero-order chi connectivity index (χ0) is 14.7. The summed E-state index contributed by atoms with van der Waals surface area (Å²) < 4.78 is 0.970. The van der Waals surface area contributed by atoms with Gasteiger partial charge in [-0.3, -0.25) is 9.78 Å². The maximum Gasteiger partial charge on any atom is 0.263 e. The van der Waals surface area contributed by atoms with Gasteiger partial charge in [0, 0.05) is 12.2 Å². The lowest BCUT2D eigenvalue weighted by molar-refractivity contribution is 0.0935. The predicted molar refractivity (Wildman–Crippen MR) is 87.6 cm³/mol. The van der Waals surface area contributed by atoms with E-state index in [2.05, 4.69) is 10.3 Å². The first-order valence-corrected chi connectivity index (χ1v) is 8.51. The lowest BCUT2D eigenvalue weighted by atomic mass is 9.97. The number of aromatic nitrogens is 1. The Morgan fingerprint density at radius 2 is 1.95 bits per heavy atom. The molecule has 1 fully saturated rings. The van der Waals surface area contributed by atoms with Crippen molar-refractivity contribution < 1.29 is 4.79 Å². The Kier molecular flexibility index (Phi) is 4.39. The van der Waals surface area contributed by atoms with Crippen molar-refractivity contribution in [2.45, 2.75) is 51.0 Å². The summed E-state index contributed by atoms with van der Waals surface area (Å²) >= 11 is 1.43. The van der Waals surface area contributed by atoms with Gasteiger partial charge in [0.2, 0.25) is 0 Å². The van der Waals surface area contributed by atoms with Crippen LogP contribution in [0.25, 0.3) is 10.2 Å². The van der Waals surface area contributed by atoms with Gasteiger partial charge >= 0.3 is 0 Å². The molecule has 1 amide bonds. The summed E-state index contributed by atoms with van der Waals surface area (Å²) in [6.45, 7) is 0. The molecule has 0 unspecified atom stereocenters. The van der Waals surface area contributed by atoms with Gasteiger partial charge in [0.25, 0.3) is 5.91 Å². The smallest absolute Gasteiger partial charge is 0.263 e. The van der Waals surface area contributed by atoms with Crippen LogP contribution in [0.1, 0.15) is 54.6 Å². The number of pyridine rings is 1. The minimum Gasteiger partial charge on any atom is -0.396 e. The van der Waals surface area contributed by atoms with Crippen molar-refractivity contribution in [3.63, 3.8) is 0 Å². The summed E-state index contributed by atoms with van der Waals surface area (Å²) in [5.41, 5.74) is 7.34. The number of fused-ring (bicyclic) bond motifs is 1. The van der Waals surface area contributed by atoms with E-state index in [0.717, 1.165) is 23.1 Å². The number of thiophene rings is 1. The summed E-state index contributed by atoms with van der Waals surface area (Å²) in [5, 5.41) is 3.17. The third kappa shape index (κ3) is 3.18. The van der Waals surface area contributed by atoms with E-state index in [0.29, 0.717) is 10.6 Å². The Morgan fingerprint density at radius 1 is 1.24 bits per heavy atom. The maximum atomic E-state index is 12.5. The van der Waals surface area contributed by atoms with Gasteiger partial charge < -0.3 is 11.1 Å². The van der Waals surface area contributed by atoms with E-state index in [9.17, 15) is 4.79 Å². The first-order valence-electron chi connectivity index (χ1n) is 7.69. The highest BCUT2D eigenvalue weighted by molar-refractivity contribution is 7.21. The molecule has 3 rings (SSSR count). The topological polar surface area (TPSA) is 68.0 Å². The van der Waals surface area contributed by atoms with Crippen LogP contribution in [-0.4, -0.2) is 16.9 Å². The Bertz CT molecular complexity index is 629. The van der Waals surface area contributed by atoms with Gasteiger partial charge in [-0.25, -0.2) is 0 Å². The van der Waals surface area contributed by atoms with Crippen LogP contribution in [0.15, 0.2) is 18.3 Å². The zero-order valence-electron chi connectivity index (χ0n) is 12.1. The number of anilines is 1. The molecule has 1 aliphatic rings. The van der Waals surface area contributed by atoms with E-state index in [-0.39, 0.29) is 11.9 Å². The van der Waals surface area contributed by atoms with Crippen LogP contribution in [0.2, 0.25) is 0 Å². The van der Waals surface area contributed by atoms with Gasteiger partial charge in [0.1, 0.15) is 10.4 Å². The van der Waals surface area contributed by atoms with Crippen molar-refractivity contribution in [1.29, 1.82) is 0 Å². The normalized spacial score (nSPS) is 17.3. The van der Waals surface area contributed by atoms with Gasteiger partial charge in [-0.2, -0.15) is 0 Å². The molecule has 5 heteroatoms. The molecule has 0 aromatic carbocycles. The second-order valence-electron chi connectivity index (χ2n) is 5.71. The van der Waals surface area contributed by atoms with Gasteiger partial charge in [-0.05, 0) is 25.0 Å². The summed E-state index contributed by atoms with van der Waals surface area (Å²) in [4.78, 5) is 17.4. The molecule has 3 N–H and O–H groups in total. The highest BCUT2D eigenvalue weighted by atomic mass is 32.1. The lowest BCUT2D eigenvalue weighted by Crippen LogP contribution is -2.35. The highest BCUT2D eigenvalue weighted by Gasteiger charge is 2.20. The summed E-state index contributed by atoms with van der Waals surface area (Å²) in [7, 11) is 0. The van der Waals surface area contributed by atoms with E-state index >= 15 is 0 Å².